The van der Waals surface area contributed by atoms with Gasteiger partial charge < -0.3 is 24.4 Å². The second-order valence-electron chi connectivity index (χ2n) is 10.5. The highest BCUT2D eigenvalue weighted by Gasteiger charge is 2.41. The summed E-state index contributed by atoms with van der Waals surface area (Å²) in [7, 11) is 0. The van der Waals surface area contributed by atoms with E-state index in [4.69, 9.17) is 21.1 Å². The standard InChI is InChI=1S/C29H37ClN2O5/c1-21-15-25(16-22(2)28(21)30)37-20-29(17-26(34)31-13-9-23(33)10-14-31)11-6-12-32(19-29)27(35)18-36-24-7-4-3-5-8-24/h3-5,7-8,15-16,23,33H,6,9-14,17-20H2,1-2H3/t29-/m1/s1. The van der Waals surface area contributed by atoms with E-state index in [-0.39, 0.29) is 30.9 Å². The third-order valence-corrected chi connectivity index (χ3v) is 8.01. The van der Waals surface area contributed by atoms with Gasteiger partial charge in [-0.2, -0.15) is 0 Å². The van der Waals surface area contributed by atoms with E-state index in [0.717, 1.165) is 29.0 Å². The van der Waals surface area contributed by atoms with E-state index in [2.05, 4.69) is 0 Å². The van der Waals surface area contributed by atoms with Crippen molar-refractivity contribution in [3.05, 3.63) is 58.6 Å². The number of halogens is 1. The first-order valence-electron chi connectivity index (χ1n) is 13.1. The monoisotopic (exact) mass is 528 g/mol. The number of aryl methyl sites for hydroxylation is 2. The molecule has 8 heteroatoms. The summed E-state index contributed by atoms with van der Waals surface area (Å²) in [5.41, 5.74) is 1.36. The predicted octanol–water partition coefficient (Wildman–Crippen LogP) is 4.40. The number of amides is 2. The molecule has 200 valence electrons. The Balaban J connectivity index is 1.48. The molecule has 1 atom stereocenters. The lowest BCUT2D eigenvalue weighted by Gasteiger charge is -2.43. The molecule has 0 aliphatic carbocycles. The van der Waals surface area contributed by atoms with Crippen molar-refractivity contribution in [2.24, 2.45) is 5.41 Å². The van der Waals surface area contributed by atoms with Gasteiger partial charge in [-0.3, -0.25) is 9.59 Å². The molecule has 0 aromatic heterocycles. The quantitative estimate of drug-likeness (QED) is 0.549. The van der Waals surface area contributed by atoms with E-state index in [1.54, 1.807) is 4.90 Å². The average Bonchev–Trinajstić information content (AvgIpc) is 2.90. The van der Waals surface area contributed by atoms with Crippen LogP contribution in [0.1, 0.15) is 43.2 Å². The normalized spacial score (nSPS) is 20.5. The van der Waals surface area contributed by atoms with Gasteiger partial charge in [-0.25, -0.2) is 0 Å². The minimum atomic E-state index is -0.519. The topological polar surface area (TPSA) is 79.3 Å². The number of aliphatic hydroxyl groups excluding tert-OH is 1. The van der Waals surface area contributed by atoms with Crippen LogP contribution < -0.4 is 9.47 Å². The first-order valence-corrected chi connectivity index (χ1v) is 13.4. The van der Waals surface area contributed by atoms with Crippen molar-refractivity contribution in [3.63, 3.8) is 0 Å². The van der Waals surface area contributed by atoms with Gasteiger partial charge in [-0.1, -0.05) is 29.8 Å². The molecule has 7 nitrogen and oxygen atoms in total. The molecular formula is C29H37ClN2O5. The van der Waals surface area contributed by atoms with E-state index in [9.17, 15) is 14.7 Å². The van der Waals surface area contributed by atoms with Gasteiger partial charge in [0.1, 0.15) is 11.5 Å². The van der Waals surface area contributed by atoms with Crippen molar-refractivity contribution < 1.29 is 24.2 Å². The van der Waals surface area contributed by atoms with Gasteiger partial charge in [-0.05, 0) is 74.9 Å². The van der Waals surface area contributed by atoms with Crippen molar-refractivity contribution in [1.82, 2.24) is 9.80 Å². The Bertz CT molecular complexity index is 1060. The maximum absolute atomic E-state index is 13.4. The highest BCUT2D eigenvalue weighted by molar-refractivity contribution is 6.32. The number of carbonyl (C=O) groups excluding carboxylic acids is 2. The minimum absolute atomic E-state index is 0.0471. The van der Waals surface area contributed by atoms with Gasteiger partial charge in [0.25, 0.3) is 5.91 Å². The van der Waals surface area contributed by atoms with Gasteiger partial charge in [-0.15, -0.1) is 0 Å². The van der Waals surface area contributed by atoms with Gasteiger partial charge >= 0.3 is 0 Å². The van der Waals surface area contributed by atoms with Gasteiger partial charge in [0.15, 0.2) is 6.61 Å². The van der Waals surface area contributed by atoms with Crippen LogP contribution in [0.3, 0.4) is 0 Å². The Morgan fingerprint density at radius 3 is 2.32 bits per heavy atom. The summed E-state index contributed by atoms with van der Waals surface area (Å²) in [5.74, 6) is 1.31. The van der Waals surface area contributed by atoms with Crippen LogP contribution in [0.4, 0.5) is 0 Å². The summed E-state index contributed by atoms with van der Waals surface area (Å²) in [5, 5.41) is 10.6. The average molecular weight is 529 g/mol. The van der Waals surface area contributed by atoms with Crippen LogP contribution >= 0.6 is 11.6 Å². The lowest BCUT2D eigenvalue weighted by atomic mass is 9.77. The summed E-state index contributed by atoms with van der Waals surface area (Å²) in [4.78, 5) is 30.1. The Kier molecular flexibility index (Phi) is 8.98. The number of piperidine rings is 2. The summed E-state index contributed by atoms with van der Waals surface area (Å²) in [6, 6.07) is 13.1. The number of para-hydroxylation sites is 1. The molecule has 0 spiro atoms. The van der Waals surface area contributed by atoms with Gasteiger partial charge in [0.2, 0.25) is 5.91 Å². The van der Waals surface area contributed by atoms with E-state index >= 15 is 0 Å². The number of likely N-dealkylation sites (tertiary alicyclic amines) is 2. The number of benzene rings is 2. The Hall–Kier alpha value is -2.77. The lowest BCUT2D eigenvalue weighted by Crippen LogP contribution is -2.52. The number of hydrogen-bond donors (Lipinski definition) is 1. The zero-order valence-electron chi connectivity index (χ0n) is 21.7. The molecule has 2 aliphatic rings. The summed E-state index contributed by atoms with van der Waals surface area (Å²) < 4.78 is 12.0. The Morgan fingerprint density at radius 1 is 0.973 bits per heavy atom. The van der Waals surface area contributed by atoms with Crippen LogP contribution in [0, 0.1) is 19.3 Å². The lowest BCUT2D eigenvalue weighted by molar-refractivity contribution is -0.143. The van der Waals surface area contributed by atoms with Crippen LogP contribution in [-0.2, 0) is 9.59 Å². The molecular weight excluding hydrogens is 492 g/mol. The molecule has 37 heavy (non-hydrogen) atoms. The second-order valence-corrected chi connectivity index (χ2v) is 10.8. The molecule has 2 fully saturated rings. The van der Waals surface area contributed by atoms with Gasteiger partial charge in [0.05, 0.1) is 12.7 Å². The maximum atomic E-state index is 13.4. The van der Waals surface area contributed by atoms with Gasteiger partial charge in [0, 0.05) is 43.0 Å². The summed E-state index contributed by atoms with van der Waals surface area (Å²) in [6.45, 7) is 6.33. The molecule has 0 unspecified atom stereocenters. The summed E-state index contributed by atoms with van der Waals surface area (Å²) in [6.07, 6.45) is 2.71. The molecule has 0 bridgehead atoms. The second kappa shape index (κ2) is 12.2. The molecule has 2 heterocycles. The molecule has 2 aromatic carbocycles. The van der Waals surface area contributed by atoms with Crippen molar-refractivity contribution >= 4 is 23.4 Å². The van der Waals surface area contributed by atoms with E-state index in [1.165, 1.54) is 0 Å². The van der Waals surface area contributed by atoms with Crippen molar-refractivity contribution in [2.75, 3.05) is 39.4 Å². The smallest absolute Gasteiger partial charge is 0.260 e. The highest BCUT2D eigenvalue weighted by atomic mass is 35.5. The molecule has 2 saturated heterocycles. The number of nitrogens with zero attached hydrogens (tertiary/aromatic N) is 2. The van der Waals surface area contributed by atoms with Crippen molar-refractivity contribution in [1.29, 1.82) is 0 Å². The maximum Gasteiger partial charge on any atom is 0.260 e. The molecule has 2 aromatic rings. The van der Waals surface area contributed by atoms with E-state index in [1.807, 2.05) is 61.2 Å². The van der Waals surface area contributed by atoms with E-state index in [0.29, 0.717) is 57.1 Å². The molecule has 0 saturated carbocycles. The van der Waals surface area contributed by atoms with Crippen LogP contribution in [0.5, 0.6) is 11.5 Å². The first-order chi connectivity index (χ1) is 17.7. The number of aliphatic hydroxyl groups is 1. The largest absolute Gasteiger partial charge is 0.493 e. The number of carbonyl (C=O) groups is 2. The molecule has 2 amide bonds. The number of hydrogen-bond acceptors (Lipinski definition) is 5. The molecule has 0 radical (unpaired) electrons. The third-order valence-electron chi connectivity index (χ3n) is 7.42. The van der Waals surface area contributed by atoms with Crippen LogP contribution in [0.25, 0.3) is 0 Å². The van der Waals surface area contributed by atoms with Crippen molar-refractivity contribution in [3.8, 4) is 11.5 Å². The van der Waals surface area contributed by atoms with Crippen LogP contribution in [0.15, 0.2) is 42.5 Å². The fraction of sp³-hybridized carbons (Fsp3) is 0.517. The first kappa shape index (κ1) is 27.3. The zero-order valence-corrected chi connectivity index (χ0v) is 22.5. The zero-order chi connectivity index (χ0) is 26.4. The molecule has 4 rings (SSSR count). The number of ether oxygens (including phenoxy) is 2. The third kappa shape index (κ3) is 7.17. The predicted molar refractivity (Wildman–Crippen MR) is 143 cm³/mol. The fourth-order valence-electron chi connectivity index (χ4n) is 5.26. The number of rotatable bonds is 8. The van der Waals surface area contributed by atoms with Crippen LogP contribution in [-0.4, -0.2) is 72.2 Å². The van der Waals surface area contributed by atoms with Crippen molar-refractivity contribution in [2.45, 2.75) is 52.1 Å². The van der Waals surface area contributed by atoms with E-state index < -0.39 is 5.41 Å². The fourth-order valence-corrected chi connectivity index (χ4v) is 5.37. The summed E-state index contributed by atoms with van der Waals surface area (Å²) >= 11 is 6.34. The molecule has 2 aliphatic heterocycles. The highest BCUT2D eigenvalue weighted by Crippen LogP contribution is 2.36. The Morgan fingerprint density at radius 2 is 1.65 bits per heavy atom. The Labute approximate surface area is 224 Å². The minimum Gasteiger partial charge on any atom is -0.493 e. The van der Waals surface area contributed by atoms with Crippen LogP contribution in [0.2, 0.25) is 5.02 Å². The SMILES string of the molecule is Cc1cc(OC[C@@]2(CC(=O)N3CCC(O)CC3)CCCN(C(=O)COc3ccccc3)C2)cc(C)c1Cl. The molecule has 1 N–H and O–H groups in total.